The van der Waals surface area contributed by atoms with Gasteiger partial charge in [-0.3, -0.25) is 0 Å². The molecule has 23 heavy (non-hydrogen) atoms. The van der Waals surface area contributed by atoms with Crippen LogP contribution in [0, 0.1) is 20.3 Å². The van der Waals surface area contributed by atoms with Gasteiger partial charge >= 0.3 is 145 Å². The van der Waals surface area contributed by atoms with Crippen molar-refractivity contribution in [2.45, 2.75) is 33.1 Å². The van der Waals surface area contributed by atoms with Crippen molar-refractivity contribution in [1.82, 2.24) is 0 Å². The van der Waals surface area contributed by atoms with Crippen molar-refractivity contribution in [3.63, 3.8) is 0 Å². The van der Waals surface area contributed by atoms with E-state index in [4.69, 9.17) is 2.51 Å². The van der Waals surface area contributed by atoms with Crippen LogP contribution in [0.5, 0.6) is 0 Å². The van der Waals surface area contributed by atoms with E-state index in [1.54, 1.807) is 30.3 Å². The molecule has 0 amide bonds. The van der Waals surface area contributed by atoms with Crippen molar-refractivity contribution in [2.75, 3.05) is 5.75 Å². The number of ketones is 1. The summed E-state index contributed by atoms with van der Waals surface area (Å²) in [6.45, 7) is 3.97. The van der Waals surface area contributed by atoms with Gasteiger partial charge in [-0.2, -0.15) is 0 Å². The summed E-state index contributed by atoms with van der Waals surface area (Å²) in [6, 6.07) is 8.58. The minimum atomic E-state index is -3.96. The number of rotatable bonds is 5. The SMILES string of the molecule is CC1(C)[C@H]2CC[C@]1(CS(=O)(=O)OI(O)c1ccccc1)C(=O)C2. The maximum atomic E-state index is 12.5. The molecule has 0 aromatic heterocycles. The topological polar surface area (TPSA) is 80.7 Å². The Labute approximate surface area is 145 Å². The number of halogens is 1. The van der Waals surface area contributed by atoms with Gasteiger partial charge < -0.3 is 0 Å². The first-order chi connectivity index (χ1) is 10.7. The molecule has 128 valence electrons. The third kappa shape index (κ3) is 2.85. The molecule has 2 bridgehead atoms. The number of Topliss-reactive ketones (excluding diaryl/α,β-unsaturated/α-hetero) is 1. The van der Waals surface area contributed by atoms with Crippen molar-refractivity contribution >= 4 is 36.6 Å². The number of fused-ring (bicyclic) bond motifs is 2. The standard InChI is InChI=1S/C16H21IO5S/c1-15(2)12-8-9-16(15,14(18)10-12)11-23(20,21)22-17(19)13-6-4-3-5-7-13/h3-7,12,19H,8-11H2,1-2H3/t12-,16-/m0/s1. The summed E-state index contributed by atoms with van der Waals surface area (Å²) in [5, 5.41) is 0. The van der Waals surface area contributed by atoms with Gasteiger partial charge in [-0.1, -0.05) is 0 Å². The Morgan fingerprint density at radius 1 is 1.30 bits per heavy atom. The molecule has 0 heterocycles. The van der Waals surface area contributed by atoms with Gasteiger partial charge in [0.2, 0.25) is 0 Å². The van der Waals surface area contributed by atoms with Crippen LogP contribution in [-0.2, 0) is 17.4 Å². The minimum absolute atomic E-state index is 0.0314. The van der Waals surface area contributed by atoms with Crippen LogP contribution in [0.2, 0.25) is 0 Å². The van der Waals surface area contributed by atoms with E-state index in [-0.39, 0.29) is 22.9 Å². The van der Waals surface area contributed by atoms with E-state index in [1.807, 2.05) is 13.8 Å². The molecule has 0 unspecified atom stereocenters. The third-order valence-electron chi connectivity index (χ3n) is 5.64. The Morgan fingerprint density at radius 2 is 1.96 bits per heavy atom. The average Bonchev–Trinajstić information content (AvgIpc) is 2.81. The van der Waals surface area contributed by atoms with Crippen LogP contribution >= 0.6 is 20.6 Å². The molecular weight excluding hydrogens is 431 g/mol. The van der Waals surface area contributed by atoms with Gasteiger partial charge in [-0.25, -0.2) is 0 Å². The first-order valence-electron chi connectivity index (χ1n) is 7.58. The molecule has 0 spiro atoms. The van der Waals surface area contributed by atoms with Crippen LogP contribution in [0.1, 0.15) is 33.1 Å². The fourth-order valence-electron chi connectivity index (χ4n) is 4.08. The number of carbonyl (C=O) groups excluding carboxylic acids is 1. The van der Waals surface area contributed by atoms with Gasteiger partial charge in [0, 0.05) is 0 Å². The fourth-order valence-corrected chi connectivity index (χ4v) is 9.25. The predicted molar refractivity (Wildman–Crippen MR) is 94.8 cm³/mol. The molecule has 5 nitrogen and oxygen atoms in total. The van der Waals surface area contributed by atoms with Crippen molar-refractivity contribution in [3.05, 3.63) is 33.9 Å². The quantitative estimate of drug-likeness (QED) is 0.696. The summed E-state index contributed by atoms with van der Waals surface area (Å²) in [7, 11) is -3.96. The predicted octanol–water partition coefficient (Wildman–Crippen LogP) is 2.93. The Hall–Kier alpha value is -0.510. The molecule has 1 aromatic carbocycles. The third-order valence-corrected chi connectivity index (χ3v) is 11.2. The van der Waals surface area contributed by atoms with E-state index in [0.29, 0.717) is 16.4 Å². The first kappa shape index (κ1) is 17.3. The van der Waals surface area contributed by atoms with Crippen molar-refractivity contribution in [2.24, 2.45) is 16.7 Å². The molecule has 1 N–H and O–H groups in total. The van der Waals surface area contributed by atoms with Crippen LogP contribution in [0.25, 0.3) is 0 Å². The molecule has 2 aliphatic rings. The molecular formula is C16H21IO5S. The summed E-state index contributed by atoms with van der Waals surface area (Å²) in [5.74, 6) is -0.0315. The van der Waals surface area contributed by atoms with Crippen LogP contribution in [0.3, 0.4) is 0 Å². The van der Waals surface area contributed by atoms with Gasteiger partial charge in [-0.05, 0) is 0 Å². The van der Waals surface area contributed by atoms with Gasteiger partial charge in [0.15, 0.2) is 0 Å². The maximum absolute atomic E-state index is 12.5. The Morgan fingerprint density at radius 3 is 2.48 bits per heavy atom. The van der Waals surface area contributed by atoms with E-state index in [2.05, 4.69) is 0 Å². The monoisotopic (exact) mass is 452 g/mol. The molecule has 0 radical (unpaired) electrons. The van der Waals surface area contributed by atoms with Crippen molar-refractivity contribution < 1.29 is 19.2 Å². The second-order valence-electron chi connectivity index (χ2n) is 6.96. The summed E-state index contributed by atoms with van der Waals surface area (Å²) in [4.78, 5) is 12.4. The van der Waals surface area contributed by atoms with Crippen molar-refractivity contribution in [1.29, 1.82) is 0 Å². The van der Waals surface area contributed by atoms with Crippen LogP contribution < -0.4 is 0 Å². The molecule has 0 aliphatic heterocycles. The number of hydrogen-bond donors (Lipinski definition) is 1. The summed E-state index contributed by atoms with van der Waals surface area (Å²) >= 11 is -3.23. The van der Waals surface area contributed by atoms with E-state index in [1.165, 1.54) is 0 Å². The van der Waals surface area contributed by atoms with E-state index < -0.39 is 36.2 Å². The second kappa shape index (κ2) is 5.79. The van der Waals surface area contributed by atoms with E-state index >= 15 is 0 Å². The molecule has 2 saturated carbocycles. The summed E-state index contributed by atoms with van der Waals surface area (Å²) < 4.78 is 40.8. The van der Waals surface area contributed by atoms with Crippen LogP contribution in [0.15, 0.2) is 30.3 Å². The zero-order valence-corrected chi connectivity index (χ0v) is 16.1. The van der Waals surface area contributed by atoms with Gasteiger partial charge in [0.1, 0.15) is 0 Å². The summed E-state index contributed by atoms with van der Waals surface area (Å²) in [5.41, 5.74) is -1.19. The Balaban J connectivity index is 1.80. The van der Waals surface area contributed by atoms with Gasteiger partial charge in [-0.15, -0.1) is 0 Å². The molecule has 1 aromatic rings. The van der Waals surface area contributed by atoms with Crippen LogP contribution in [0.4, 0.5) is 0 Å². The Bertz CT molecular complexity index is 715. The average molecular weight is 452 g/mol. The molecule has 2 aliphatic carbocycles. The van der Waals surface area contributed by atoms with Crippen LogP contribution in [-0.4, -0.2) is 23.4 Å². The second-order valence-corrected chi connectivity index (χ2v) is 12.1. The zero-order chi connectivity index (χ0) is 16.9. The fraction of sp³-hybridized carbons (Fsp3) is 0.562. The van der Waals surface area contributed by atoms with Gasteiger partial charge in [0.25, 0.3) is 0 Å². The number of carbonyl (C=O) groups is 1. The molecule has 0 saturated heterocycles. The van der Waals surface area contributed by atoms with Crippen molar-refractivity contribution in [3.8, 4) is 0 Å². The molecule has 2 atom stereocenters. The normalized spacial score (nSPS) is 29.8. The molecule has 3 rings (SSSR count). The number of hydrogen-bond acceptors (Lipinski definition) is 5. The number of benzene rings is 1. The first-order valence-corrected chi connectivity index (χ1v) is 12.1. The van der Waals surface area contributed by atoms with E-state index in [9.17, 15) is 16.6 Å². The van der Waals surface area contributed by atoms with Gasteiger partial charge in [0.05, 0.1) is 0 Å². The summed E-state index contributed by atoms with van der Waals surface area (Å²) in [6.07, 6.45) is 1.94. The van der Waals surface area contributed by atoms with E-state index in [0.717, 1.165) is 6.42 Å². The Kier molecular flexibility index (Phi) is 4.36. The molecule has 7 heteroatoms. The zero-order valence-electron chi connectivity index (χ0n) is 13.2. The molecule has 2 fully saturated rings.